The molecule has 0 bridgehead atoms. The molecule has 2 aliphatic rings. The molecule has 0 unspecified atom stereocenters. The molecule has 11 rings (SSSR count). The largest absolute Gasteiger partial charge is 0.472 e. The van der Waals surface area contributed by atoms with Gasteiger partial charge >= 0.3 is 0 Å². The van der Waals surface area contributed by atoms with E-state index in [0.717, 1.165) is 92.5 Å². The number of hydroxylamine groups is 2. The number of fused-ring (bicyclic) bond motifs is 2. The third-order valence-electron chi connectivity index (χ3n) is 13.5. The fraction of sp³-hybridized carbons (Fsp3) is 0.207. The molecule has 0 spiro atoms. The Hall–Kier alpha value is -7.66. The van der Waals surface area contributed by atoms with Gasteiger partial charge in [-0.1, -0.05) is 189 Å². The zero-order valence-corrected chi connectivity index (χ0v) is 37.9. The van der Waals surface area contributed by atoms with Gasteiger partial charge < -0.3 is 4.74 Å². The van der Waals surface area contributed by atoms with E-state index in [2.05, 4.69) is 152 Å². The Labute approximate surface area is 396 Å². The predicted octanol–water partition coefficient (Wildman–Crippen LogP) is 11.5. The van der Waals surface area contributed by atoms with E-state index < -0.39 is 5.54 Å². The topological polar surface area (TPSA) is 108 Å². The van der Waals surface area contributed by atoms with Crippen LogP contribution in [-0.2, 0) is 34.7 Å². The highest BCUT2D eigenvalue weighted by atomic mass is 16.7. The number of carbonyl (C=O) groups excluding carboxylic acids is 1. The van der Waals surface area contributed by atoms with Crippen LogP contribution in [0.15, 0.2) is 188 Å². The van der Waals surface area contributed by atoms with Crippen molar-refractivity contribution in [3.8, 4) is 28.4 Å². The lowest BCUT2D eigenvalue weighted by Gasteiger charge is -2.36. The summed E-state index contributed by atoms with van der Waals surface area (Å²) in [5, 5.41) is 16.8. The summed E-state index contributed by atoms with van der Waals surface area (Å²) in [5.41, 5.74) is 9.06. The summed E-state index contributed by atoms with van der Waals surface area (Å²) >= 11 is 0. The molecule has 7 aromatic carbocycles. The van der Waals surface area contributed by atoms with Gasteiger partial charge in [-0.25, -0.2) is 9.67 Å². The number of hydrogen-bond acceptors (Lipinski definition) is 9. The van der Waals surface area contributed by atoms with E-state index in [1.807, 2.05) is 58.3 Å². The molecule has 1 aliphatic heterocycles. The van der Waals surface area contributed by atoms with Gasteiger partial charge in [0.05, 0.1) is 29.0 Å². The Kier molecular flexibility index (Phi) is 11.9. The van der Waals surface area contributed by atoms with Crippen molar-refractivity contribution in [1.29, 1.82) is 0 Å². The van der Waals surface area contributed by atoms with Gasteiger partial charge in [0.25, 0.3) is 0 Å². The summed E-state index contributed by atoms with van der Waals surface area (Å²) in [6.07, 6.45) is 3.90. The van der Waals surface area contributed by atoms with Gasteiger partial charge in [0.2, 0.25) is 5.88 Å². The number of carbonyl (C=O) groups is 1. The van der Waals surface area contributed by atoms with Crippen LogP contribution in [0.25, 0.3) is 33.4 Å². The minimum Gasteiger partial charge on any atom is -0.472 e. The van der Waals surface area contributed by atoms with Crippen LogP contribution in [0.2, 0.25) is 0 Å². The molecule has 1 saturated heterocycles. The quantitative estimate of drug-likeness (QED) is 0.0930. The fourth-order valence-electron chi connectivity index (χ4n) is 10.3. The Balaban J connectivity index is 0.920. The smallest absolute Gasteiger partial charge is 0.225 e. The molecule has 0 amide bonds. The standard InChI is InChI=1S/C58H51N7O3/c1-2-3-28-53-59-50-34-33-43(55-54-51(66)35-36-52(54)68-64(55)38-40-18-8-4-9-19-40)37-49(50)57(60-53)67-39-41-29-31-42(32-30-41)47-26-16-17-27-48(47)56-61-62-63-65(56)58(44-20-10-5-11-21-44,45-22-12-6-13-23-45)46-24-14-7-15-25-46/h4-27,29-34,37,52,54-55H,2-3,28,35-36,38-39H2,1H3/t52-,54+,55-/m1/s1. The van der Waals surface area contributed by atoms with E-state index in [-0.39, 0.29) is 23.8 Å². The maximum atomic E-state index is 13.4. The number of Topliss-reactive ketones (excluding diaryl/α,β-unsaturated/α-hetero) is 1. The number of unbranched alkanes of at least 4 members (excludes halogenated alkanes) is 1. The second-order valence-corrected chi connectivity index (χ2v) is 17.8. The lowest BCUT2D eigenvalue weighted by atomic mass is 9.77. The molecule has 9 aromatic rings. The molecule has 336 valence electrons. The second kappa shape index (κ2) is 18.9. The zero-order valence-electron chi connectivity index (χ0n) is 37.9. The van der Waals surface area contributed by atoms with Crippen LogP contribution < -0.4 is 4.74 Å². The molecule has 0 N–H and O–H groups in total. The van der Waals surface area contributed by atoms with Crippen molar-refractivity contribution in [2.45, 2.75) is 69.9 Å². The van der Waals surface area contributed by atoms with Gasteiger partial charge in [-0.05, 0) is 79.9 Å². The van der Waals surface area contributed by atoms with E-state index in [9.17, 15) is 4.79 Å². The maximum Gasteiger partial charge on any atom is 0.225 e. The van der Waals surface area contributed by atoms with Gasteiger partial charge in [-0.2, -0.15) is 10.0 Å². The summed E-state index contributed by atoms with van der Waals surface area (Å²) in [6.45, 7) is 3.05. The van der Waals surface area contributed by atoms with Crippen LogP contribution in [-0.4, -0.2) is 47.1 Å². The number of nitrogens with zero attached hydrogens (tertiary/aromatic N) is 7. The van der Waals surface area contributed by atoms with Gasteiger partial charge in [-0.3, -0.25) is 9.63 Å². The van der Waals surface area contributed by atoms with Crippen molar-refractivity contribution in [3.63, 3.8) is 0 Å². The number of hydrogen-bond donors (Lipinski definition) is 0. The van der Waals surface area contributed by atoms with E-state index in [1.165, 1.54) is 0 Å². The molecular weight excluding hydrogens is 843 g/mol. The number of tetrazole rings is 1. The van der Waals surface area contributed by atoms with Crippen LogP contribution in [0, 0.1) is 5.92 Å². The number of ketones is 1. The van der Waals surface area contributed by atoms with E-state index in [4.69, 9.17) is 29.9 Å². The van der Waals surface area contributed by atoms with E-state index >= 15 is 0 Å². The zero-order chi connectivity index (χ0) is 45.9. The third kappa shape index (κ3) is 8.05. The first-order chi connectivity index (χ1) is 33.6. The van der Waals surface area contributed by atoms with E-state index in [0.29, 0.717) is 31.3 Å². The lowest BCUT2D eigenvalue weighted by molar-refractivity contribution is -0.171. The van der Waals surface area contributed by atoms with Crippen LogP contribution in [0.4, 0.5) is 0 Å². The maximum absolute atomic E-state index is 13.4. The van der Waals surface area contributed by atoms with Crippen LogP contribution in [0.3, 0.4) is 0 Å². The summed E-state index contributed by atoms with van der Waals surface area (Å²) in [6, 6.07) is 64.4. The minimum absolute atomic E-state index is 0.133. The molecule has 10 heteroatoms. The summed E-state index contributed by atoms with van der Waals surface area (Å²) in [5.74, 6) is 1.95. The number of benzene rings is 7. The highest BCUT2D eigenvalue weighted by molar-refractivity contribution is 5.87. The van der Waals surface area contributed by atoms with Crippen molar-refractivity contribution in [2.75, 3.05) is 0 Å². The first-order valence-corrected chi connectivity index (χ1v) is 23.7. The third-order valence-corrected chi connectivity index (χ3v) is 13.5. The Morgan fingerprint density at radius 3 is 1.99 bits per heavy atom. The lowest BCUT2D eigenvalue weighted by Crippen LogP contribution is -2.39. The normalized spacial score (nSPS) is 17.1. The monoisotopic (exact) mass is 893 g/mol. The van der Waals surface area contributed by atoms with Gasteiger partial charge in [0, 0.05) is 24.9 Å². The average Bonchev–Trinajstić information content (AvgIpc) is 4.13. The molecule has 3 heterocycles. The second-order valence-electron chi connectivity index (χ2n) is 17.8. The fourth-order valence-corrected chi connectivity index (χ4v) is 10.3. The number of aromatic nitrogens is 6. The van der Waals surface area contributed by atoms with Crippen molar-refractivity contribution < 1.29 is 14.4 Å². The number of ether oxygens (including phenoxy) is 1. The van der Waals surface area contributed by atoms with Crippen LogP contribution in [0.1, 0.15) is 77.9 Å². The van der Waals surface area contributed by atoms with Crippen molar-refractivity contribution in [2.24, 2.45) is 5.92 Å². The van der Waals surface area contributed by atoms with Crippen molar-refractivity contribution in [3.05, 3.63) is 227 Å². The molecular formula is C58H51N7O3. The minimum atomic E-state index is -0.887. The molecule has 1 saturated carbocycles. The Morgan fingerprint density at radius 2 is 1.32 bits per heavy atom. The highest BCUT2D eigenvalue weighted by Gasteiger charge is 2.51. The predicted molar refractivity (Wildman–Crippen MR) is 263 cm³/mol. The first kappa shape index (κ1) is 42.9. The Morgan fingerprint density at radius 1 is 0.691 bits per heavy atom. The van der Waals surface area contributed by atoms with Crippen LogP contribution in [0.5, 0.6) is 5.88 Å². The van der Waals surface area contributed by atoms with Crippen molar-refractivity contribution >= 4 is 16.7 Å². The number of aryl methyl sites for hydroxylation is 1. The molecule has 1 aliphatic carbocycles. The molecule has 68 heavy (non-hydrogen) atoms. The SMILES string of the molecule is CCCCc1nc(OCc2ccc(-c3ccccc3-c3nnnn3C(c3ccccc3)(c3ccccc3)c3ccccc3)cc2)c2cc([C@@H]3[C@H]4C(=O)CC[C@H]4ON3Cc3ccccc3)ccc2n1. The Bertz CT molecular complexity index is 3070. The molecule has 2 fully saturated rings. The average molecular weight is 894 g/mol. The molecule has 10 nitrogen and oxygen atoms in total. The van der Waals surface area contributed by atoms with Crippen LogP contribution >= 0.6 is 0 Å². The van der Waals surface area contributed by atoms with E-state index in [1.54, 1.807) is 0 Å². The van der Waals surface area contributed by atoms with Gasteiger partial charge in [0.1, 0.15) is 23.8 Å². The first-order valence-electron chi connectivity index (χ1n) is 23.7. The molecule has 3 atom stereocenters. The number of rotatable bonds is 15. The molecule has 2 aromatic heterocycles. The van der Waals surface area contributed by atoms with Gasteiger partial charge in [-0.15, -0.1) is 5.10 Å². The van der Waals surface area contributed by atoms with Crippen molar-refractivity contribution in [1.82, 2.24) is 35.2 Å². The summed E-state index contributed by atoms with van der Waals surface area (Å²) in [7, 11) is 0. The summed E-state index contributed by atoms with van der Waals surface area (Å²) < 4.78 is 8.67. The molecule has 0 radical (unpaired) electrons. The summed E-state index contributed by atoms with van der Waals surface area (Å²) in [4.78, 5) is 30.0. The highest BCUT2D eigenvalue weighted by Crippen LogP contribution is 2.48. The van der Waals surface area contributed by atoms with Gasteiger partial charge in [0.15, 0.2) is 5.82 Å².